The van der Waals surface area contributed by atoms with E-state index in [9.17, 15) is 0 Å². The third kappa shape index (κ3) is 3.46. The Bertz CT molecular complexity index is 203. The van der Waals surface area contributed by atoms with Crippen LogP contribution in [0.5, 0.6) is 0 Å². The Morgan fingerprint density at radius 3 is 2.31 bits per heavy atom. The molecule has 0 amide bonds. The van der Waals surface area contributed by atoms with E-state index in [0.717, 1.165) is 17.9 Å². The lowest BCUT2D eigenvalue weighted by atomic mass is 9.91. The largest absolute Gasteiger partial charge is 0.310 e. The standard InChI is InChI=1S/C14H28N2/c1-11-7-12(2)9-16(8-11)10-13(3)15-14-5-4-6-14/h11-15H,4-10H2,1-3H3. The Kier molecular flexibility index (Phi) is 4.26. The second-order valence-corrected chi connectivity index (χ2v) is 6.36. The summed E-state index contributed by atoms with van der Waals surface area (Å²) in [5, 5.41) is 3.75. The van der Waals surface area contributed by atoms with Crippen molar-refractivity contribution in [3.63, 3.8) is 0 Å². The molecule has 2 rings (SSSR count). The van der Waals surface area contributed by atoms with Gasteiger partial charge in [0.2, 0.25) is 0 Å². The van der Waals surface area contributed by atoms with Crippen molar-refractivity contribution >= 4 is 0 Å². The fourth-order valence-electron chi connectivity index (χ4n) is 3.36. The predicted molar refractivity (Wildman–Crippen MR) is 69.6 cm³/mol. The van der Waals surface area contributed by atoms with Gasteiger partial charge in [0, 0.05) is 31.7 Å². The van der Waals surface area contributed by atoms with Crippen molar-refractivity contribution in [2.75, 3.05) is 19.6 Å². The summed E-state index contributed by atoms with van der Waals surface area (Å²) in [6.07, 6.45) is 5.65. The normalized spacial score (nSPS) is 34.7. The van der Waals surface area contributed by atoms with Gasteiger partial charge >= 0.3 is 0 Å². The van der Waals surface area contributed by atoms with Crippen LogP contribution in [-0.2, 0) is 0 Å². The van der Waals surface area contributed by atoms with Gasteiger partial charge in [-0.25, -0.2) is 0 Å². The molecule has 0 bridgehead atoms. The maximum atomic E-state index is 3.75. The Balaban J connectivity index is 1.70. The van der Waals surface area contributed by atoms with Crippen LogP contribution in [0.1, 0.15) is 46.5 Å². The first-order valence-corrected chi connectivity index (χ1v) is 7.12. The number of likely N-dealkylation sites (tertiary alicyclic amines) is 1. The first-order valence-electron chi connectivity index (χ1n) is 7.12. The van der Waals surface area contributed by atoms with Gasteiger partial charge in [-0.05, 0) is 38.0 Å². The average Bonchev–Trinajstić information content (AvgIpc) is 2.09. The lowest BCUT2D eigenvalue weighted by molar-refractivity contribution is 0.125. The summed E-state index contributed by atoms with van der Waals surface area (Å²) in [6.45, 7) is 11.0. The van der Waals surface area contributed by atoms with E-state index in [1.807, 2.05) is 0 Å². The molecule has 2 nitrogen and oxygen atoms in total. The minimum atomic E-state index is 0.669. The van der Waals surface area contributed by atoms with Crippen molar-refractivity contribution < 1.29 is 0 Å². The maximum Gasteiger partial charge on any atom is 0.0169 e. The highest BCUT2D eigenvalue weighted by Gasteiger charge is 2.24. The molecule has 0 spiro atoms. The van der Waals surface area contributed by atoms with Gasteiger partial charge < -0.3 is 10.2 Å². The third-order valence-electron chi connectivity index (χ3n) is 4.10. The zero-order valence-corrected chi connectivity index (χ0v) is 11.2. The SMILES string of the molecule is CC1CC(C)CN(CC(C)NC2CCC2)C1. The molecule has 2 aliphatic rings. The summed E-state index contributed by atoms with van der Waals surface area (Å²) >= 11 is 0. The summed E-state index contributed by atoms with van der Waals surface area (Å²) in [7, 11) is 0. The summed E-state index contributed by atoms with van der Waals surface area (Å²) in [6, 6.07) is 1.50. The van der Waals surface area contributed by atoms with E-state index < -0.39 is 0 Å². The zero-order valence-electron chi connectivity index (χ0n) is 11.2. The molecule has 0 aromatic heterocycles. The van der Waals surface area contributed by atoms with Gasteiger partial charge in [-0.2, -0.15) is 0 Å². The Labute approximate surface area is 101 Å². The quantitative estimate of drug-likeness (QED) is 0.789. The minimum Gasteiger partial charge on any atom is -0.310 e. The zero-order chi connectivity index (χ0) is 11.5. The molecule has 1 N–H and O–H groups in total. The van der Waals surface area contributed by atoms with Crippen LogP contribution in [0.4, 0.5) is 0 Å². The topological polar surface area (TPSA) is 15.3 Å². The number of hydrogen-bond donors (Lipinski definition) is 1. The van der Waals surface area contributed by atoms with Gasteiger partial charge in [0.15, 0.2) is 0 Å². The second kappa shape index (κ2) is 5.50. The lowest BCUT2D eigenvalue weighted by Gasteiger charge is -2.38. The smallest absolute Gasteiger partial charge is 0.0169 e. The molecular weight excluding hydrogens is 196 g/mol. The maximum absolute atomic E-state index is 3.75. The molecule has 1 saturated carbocycles. The van der Waals surface area contributed by atoms with Crippen molar-refractivity contribution in [3.05, 3.63) is 0 Å². The molecule has 16 heavy (non-hydrogen) atoms. The molecular formula is C14H28N2. The van der Waals surface area contributed by atoms with E-state index in [1.165, 1.54) is 45.3 Å². The van der Waals surface area contributed by atoms with Crippen molar-refractivity contribution in [1.82, 2.24) is 10.2 Å². The molecule has 3 atom stereocenters. The number of rotatable bonds is 4. The van der Waals surface area contributed by atoms with Crippen LogP contribution in [0.2, 0.25) is 0 Å². The van der Waals surface area contributed by atoms with Gasteiger partial charge in [-0.15, -0.1) is 0 Å². The number of nitrogens with one attached hydrogen (secondary N) is 1. The first-order chi connectivity index (χ1) is 7.63. The molecule has 1 saturated heterocycles. The van der Waals surface area contributed by atoms with Crippen LogP contribution in [0, 0.1) is 11.8 Å². The van der Waals surface area contributed by atoms with Crippen molar-refractivity contribution in [3.8, 4) is 0 Å². The monoisotopic (exact) mass is 224 g/mol. The molecule has 3 unspecified atom stereocenters. The number of hydrogen-bond acceptors (Lipinski definition) is 2. The summed E-state index contributed by atoms with van der Waals surface area (Å²) < 4.78 is 0. The minimum absolute atomic E-state index is 0.669. The summed E-state index contributed by atoms with van der Waals surface area (Å²) in [4.78, 5) is 2.66. The van der Waals surface area contributed by atoms with Crippen LogP contribution in [0.25, 0.3) is 0 Å². The van der Waals surface area contributed by atoms with E-state index >= 15 is 0 Å². The first kappa shape index (κ1) is 12.4. The van der Waals surface area contributed by atoms with Crippen molar-refractivity contribution in [2.24, 2.45) is 11.8 Å². The predicted octanol–water partition coefficient (Wildman–Crippen LogP) is 2.49. The molecule has 0 aromatic carbocycles. The number of piperidine rings is 1. The summed E-state index contributed by atoms with van der Waals surface area (Å²) in [5.74, 6) is 1.78. The third-order valence-corrected chi connectivity index (χ3v) is 4.10. The van der Waals surface area contributed by atoms with Gasteiger partial charge in [0.25, 0.3) is 0 Å². The summed E-state index contributed by atoms with van der Waals surface area (Å²) in [5.41, 5.74) is 0. The molecule has 1 heterocycles. The molecule has 0 radical (unpaired) electrons. The van der Waals surface area contributed by atoms with E-state index in [0.29, 0.717) is 6.04 Å². The highest BCUT2D eigenvalue weighted by molar-refractivity contribution is 4.82. The van der Waals surface area contributed by atoms with E-state index in [-0.39, 0.29) is 0 Å². The Hall–Kier alpha value is -0.0800. The van der Waals surface area contributed by atoms with E-state index in [4.69, 9.17) is 0 Å². The van der Waals surface area contributed by atoms with Crippen molar-refractivity contribution in [2.45, 2.75) is 58.5 Å². The van der Waals surface area contributed by atoms with Crippen LogP contribution in [0.15, 0.2) is 0 Å². The van der Waals surface area contributed by atoms with Crippen molar-refractivity contribution in [1.29, 1.82) is 0 Å². The Morgan fingerprint density at radius 2 is 1.81 bits per heavy atom. The molecule has 0 aromatic rings. The van der Waals surface area contributed by atoms with Gasteiger partial charge in [-0.1, -0.05) is 20.3 Å². The molecule has 94 valence electrons. The number of nitrogens with zero attached hydrogens (tertiary/aromatic N) is 1. The van der Waals surface area contributed by atoms with Crippen LogP contribution < -0.4 is 5.32 Å². The van der Waals surface area contributed by atoms with Gasteiger partial charge in [0.1, 0.15) is 0 Å². The molecule has 1 aliphatic heterocycles. The lowest BCUT2D eigenvalue weighted by Crippen LogP contribution is -2.49. The van der Waals surface area contributed by atoms with Crippen LogP contribution in [-0.4, -0.2) is 36.6 Å². The van der Waals surface area contributed by atoms with Gasteiger partial charge in [0.05, 0.1) is 0 Å². The Morgan fingerprint density at radius 1 is 1.19 bits per heavy atom. The average molecular weight is 224 g/mol. The van der Waals surface area contributed by atoms with Gasteiger partial charge in [-0.3, -0.25) is 0 Å². The fourth-order valence-corrected chi connectivity index (χ4v) is 3.36. The van der Waals surface area contributed by atoms with Crippen LogP contribution in [0.3, 0.4) is 0 Å². The fraction of sp³-hybridized carbons (Fsp3) is 1.00. The van der Waals surface area contributed by atoms with E-state index in [2.05, 4.69) is 31.0 Å². The molecule has 2 fully saturated rings. The highest BCUT2D eigenvalue weighted by atomic mass is 15.2. The highest BCUT2D eigenvalue weighted by Crippen LogP contribution is 2.22. The van der Waals surface area contributed by atoms with Crippen LogP contribution >= 0.6 is 0 Å². The van der Waals surface area contributed by atoms with E-state index in [1.54, 1.807) is 0 Å². The second-order valence-electron chi connectivity index (χ2n) is 6.36. The molecule has 2 heteroatoms. The molecule has 1 aliphatic carbocycles.